The van der Waals surface area contributed by atoms with Gasteiger partial charge in [0.15, 0.2) is 0 Å². The lowest BCUT2D eigenvalue weighted by Gasteiger charge is -2.31. The molecule has 1 unspecified atom stereocenters. The van der Waals surface area contributed by atoms with E-state index in [1.807, 2.05) is 6.08 Å². The van der Waals surface area contributed by atoms with Crippen molar-refractivity contribution in [2.45, 2.75) is 57.3 Å². The number of urea groups is 1. The lowest BCUT2D eigenvalue weighted by Crippen LogP contribution is -2.51. The Morgan fingerprint density at radius 3 is 3.00 bits per heavy atom. The second-order valence-electron chi connectivity index (χ2n) is 5.81. The molecule has 3 aliphatic heterocycles. The van der Waals surface area contributed by atoms with Gasteiger partial charge in [0.25, 0.3) is 0 Å². The average Bonchev–Trinajstić information content (AvgIpc) is 3.06. The van der Waals surface area contributed by atoms with E-state index in [1.54, 1.807) is 6.20 Å². The molecule has 22 heavy (non-hydrogen) atoms. The number of allylic oxidation sites excluding steroid dienone is 1. The van der Waals surface area contributed by atoms with Gasteiger partial charge in [0.2, 0.25) is 6.23 Å². The molecule has 0 aromatic heterocycles. The summed E-state index contributed by atoms with van der Waals surface area (Å²) in [6, 6.07) is -0.324. The predicted molar refractivity (Wildman–Crippen MR) is 77.3 cm³/mol. The van der Waals surface area contributed by atoms with Crippen molar-refractivity contribution in [1.29, 1.82) is 0 Å². The molecule has 122 valence electrons. The fourth-order valence-corrected chi connectivity index (χ4v) is 2.88. The smallest absolute Gasteiger partial charge is 0.326 e. The zero-order chi connectivity index (χ0) is 15.7. The standard InChI is InChI=1S/C15H22N2O5/c1-2-3-4-10-5-9-7-17(15(20)16-14(9)21-10)13-6-11(19)12(8-18)22-13/h5,7,11-14,18-19H,2-4,6,8H2,1H3,(H,16,20)/t11-,12+,13+,14?/m0/s1. The van der Waals surface area contributed by atoms with Crippen molar-refractivity contribution in [3.8, 4) is 0 Å². The molecule has 0 radical (unpaired) electrons. The number of nitrogens with zero attached hydrogens (tertiary/aromatic N) is 1. The van der Waals surface area contributed by atoms with E-state index >= 15 is 0 Å². The summed E-state index contributed by atoms with van der Waals surface area (Å²) in [5.74, 6) is 0.876. The maximum atomic E-state index is 12.2. The topological polar surface area (TPSA) is 91.3 Å². The fraction of sp³-hybridized carbons (Fsp3) is 0.667. The average molecular weight is 310 g/mol. The number of hydrogen-bond donors (Lipinski definition) is 3. The fourth-order valence-electron chi connectivity index (χ4n) is 2.88. The number of amides is 2. The molecule has 7 nitrogen and oxygen atoms in total. The second-order valence-corrected chi connectivity index (χ2v) is 5.81. The van der Waals surface area contributed by atoms with Gasteiger partial charge in [-0.15, -0.1) is 0 Å². The van der Waals surface area contributed by atoms with E-state index in [1.165, 1.54) is 4.90 Å². The van der Waals surface area contributed by atoms with Gasteiger partial charge in [-0.2, -0.15) is 0 Å². The summed E-state index contributed by atoms with van der Waals surface area (Å²) in [6.45, 7) is 1.85. The van der Waals surface area contributed by atoms with Crippen LogP contribution >= 0.6 is 0 Å². The van der Waals surface area contributed by atoms with Crippen LogP contribution in [-0.2, 0) is 9.47 Å². The lowest BCUT2D eigenvalue weighted by molar-refractivity contribution is -0.0559. The summed E-state index contributed by atoms with van der Waals surface area (Å²) in [5.41, 5.74) is 0.872. The molecule has 1 saturated heterocycles. The summed E-state index contributed by atoms with van der Waals surface area (Å²) in [4.78, 5) is 13.6. The van der Waals surface area contributed by atoms with Crippen molar-refractivity contribution >= 4 is 6.03 Å². The molecule has 4 atom stereocenters. The van der Waals surface area contributed by atoms with E-state index in [9.17, 15) is 9.90 Å². The molecule has 3 N–H and O–H groups in total. The van der Waals surface area contributed by atoms with Crippen molar-refractivity contribution in [3.05, 3.63) is 23.6 Å². The minimum Gasteiger partial charge on any atom is -0.471 e. The number of fused-ring (bicyclic) bond motifs is 1. The Morgan fingerprint density at radius 1 is 1.50 bits per heavy atom. The minimum atomic E-state index is -0.769. The molecule has 7 heteroatoms. The minimum absolute atomic E-state index is 0.267. The highest BCUT2D eigenvalue weighted by atomic mass is 16.5. The Bertz CT molecular complexity index is 504. The largest absolute Gasteiger partial charge is 0.471 e. The third-order valence-electron chi connectivity index (χ3n) is 4.15. The van der Waals surface area contributed by atoms with Gasteiger partial charge in [-0.3, -0.25) is 10.2 Å². The Kier molecular flexibility index (Phi) is 4.37. The Morgan fingerprint density at radius 2 is 2.32 bits per heavy atom. The quantitative estimate of drug-likeness (QED) is 0.698. The number of carbonyl (C=O) groups excluding carboxylic acids is 1. The summed E-state index contributed by atoms with van der Waals surface area (Å²) >= 11 is 0. The number of hydrogen-bond acceptors (Lipinski definition) is 5. The van der Waals surface area contributed by atoms with E-state index in [2.05, 4.69) is 12.2 Å². The van der Waals surface area contributed by atoms with Crippen molar-refractivity contribution in [1.82, 2.24) is 10.2 Å². The monoisotopic (exact) mass is 310 g/mol. The number of rotatable bonds is 5. The molecule has 3 heterocycles. The maximum Gasteiger partial charge on any atom is 0.326 e. The van der Waals surface area contributed by atoms with Crippen LogP contribution in [0.4, 0.5) is 4.79 Å². The molecule has 0 saturated carbocycles. The van der Waals surface area contributed by atoms with Gasteiger partial charge in [-0.1, -0.05) is 13.3 Å². The van der Waals surface area contributed by atoms with E-state index in [-0.39, 0.29) is 19.1 Å². The summed E-state index contributed by atoms with van der Waals surface area (Å²) in [7, 11) is 0. The van der Waals surface area contributed by atoms with Crippen molar-refractivity contribution < 1.29 is 24.5 Å². The number of aliphatic hydroxyl groups is 2. The zero-order valence-corrected chi connectivity index (χ0v) is 12.6. The van der Waals surface area contributed by atoms with Crippen LogP contribution in [0.3, 0.4) is 0 Å². The third kappa shape index (κ3) is 2.84. The summed E-state index contributed by atoms with van der Waals surface area (Å²) < 4.78 is 11.2. The molecule has 0 aliphatic carbocycles. The molecule has 0 aromatic carbocycles. The Labute approximate surface area is 129 Å². The van der Waals surface area contributed by atoms with Crippen LogP contribution in [0, 0.1) is 0 Å². The van der Waals surface area contributed by atoms with Gasteiger partial charge in [-0.05, 0) is 12.5 Å². The van der Waals surface area contributed by atoms with Crippen LogP contribution in [-0.4, -0.2) is 52.4 Å². The second kappa shape index (κ2) is 6.28. The Balaban J connectivity index is 1.72. The third-order valence-corrected chi connectivity index (χ3v) is 4.15. The number of unbranched alkanes of at least 4 members (excludes halogenated alkanes) is 1. The first kappa shape index (κ1) is 15.3. The lowest BCUT2D eigenvalue weighted by atomic mass is 10.1. The molecule has 2 amide bonds. The van der Waals surface area contributed by atoms with Crippen LogP contribution in [0.15, 0.2) is 23.6 Å². The number of nitrogens with one attached hydrogen (secondary N) is 1. The Hall–Kier alpha value is -1.57. The number of aliphatic hydroxyl groups excluding tert-OH is 2. The van der Waals surface area contributed by atoms with Gasteiger partial charge in [-0.25, -0.2) is 4.79 Å². The van der Waals surface area contributed by atoms with Gasteiger partial charge < -0.3 is 19.7 Å². The van der Waals surface area contributed by atoms with Gasteiger partial charge in [0.05, 0.1) is 18.5 Å². The number of carbonyl (C=O) groups is 1. The van der Waals surface area contributed by atoms with E-state index in [0.717, 1.165) is 30.6 Å². The summed E-state index contributed by atoms with van der Waals surface area (Å²) in [6.07, 6.45) is 4.48. The zero-order valence-electron chi connectivity index (χ0n) is 12.6. The van der Waals surface area contributed by atoms with Gasteiger partial charge >= 0.3 is 6.03 Å². The first-order chi connectivity index (χ1) is 10.6. The highest BCUT2D eigenvalue weighted by molar-refractivity contribution is 5.78. The summed E-state index contributed by atoms with van der Waals surface area (Å²) in [5, 5.41) is 21.7. The molecule has 0 aromatic rings. The van der Waals surface area contributed by atoms with E-state index in [0.29, 0.717) is 0 Å². The molecule has 0 bridgehead atoms. The molecule has 1 fully saturated rings. The van der Waals surface area contributed by atoms with E-state index < -0.39 is 24.7 Å². The van der Waals surface area contributed by atoms with Gasteiger partial charge in [0.1, 0.15) is 12.3 Å². The van der Waals surface area contributed by atoms with Crippen molar-refractivity contribution in [3.63, 3.8) is 0 Å². The highest BCUT2D eigenvalue weighted by Gasteiger charge is 2.41. The molecule has 3 aliphatic rings. The molecular formula is C15H22N2O5. The SMILES string of the molecule is CCCCC1=CC2=CN([C@H]3C[C@H](O)[C@@H](CO)O3)C(=O)NC2O1. The maximum absolute atomic E-state index is 12.2. The van der Waals surface area contributed by atoms with Crippen LogP contribution in [0.5, 0.6) is 0 Å². The van der Waals surface area contributed by atoms with Crippen molar-refractivity contribution in [2.24, 2.45) is 0 Å². The van der Waals surface area contributed by atoms with Crippen molar-refractivity contribution in [2.75, 3.05) is 6.61 Å². The first-order valence-corrected chi connectivity index (χ1v) is 7.74. The predicted octanol–water partition coefficient (Wildman–Crippen LogP) is 0.794. The van der Waals surface area contributed by atoms with Crippen LogP contribution in [0.25, 0.3) is 0 Å². The molecule has 3 rings (SSSR count). The molecular weight excluding hydrogens is 288 g/mol. The van der Waals surface area contributed by atoms with Gasteiger partial charge in [0, 0.05) is 24.6 Å². The van der Waals surface area contributed by atoms with E-state index in [4.69, 9.17) is 14.6 Å². The normalized spacial score (nSPS) is 34.0. The van der Waals surface area contributed by atoms with Crippen LogP contribution in [0.1, 0.15) is 32.6 Å². The first-order valence-electron chi connectivity index (χ1n) is 7.74. The number of ether oxygens (including phenoxy) is 2. The van der Waals surface area contributed by atoms with Crippen LogP contribution < -0.4 is 5.32 Å². The van der Waals surface area contributed by atoms with Crippen LogP contribution in [0.2, 0.25) is 0 Å². The molecule has 0 spiro atoms. The highest BCUT2D eigenvalue weighted by Crippen LogP contribution is 2.31.